The third-order valence-electron chi connectivity index (χ3n) is 2.92. The Morgan fingerprint density at radius 3 is 2.50 bits per heavy atom. The molecule has 1 N–H and O–H groups in total. The molecule has 2 rings (SSSR count). The van der Waals surface area contributed by atoms with Gasteiger partial charge in [0.05, 0.1) is 12.8 Å². The number of esters is 1. The molecule has 126 valence electrons. The SMILES string of the molecule is COc1ccc(Cl)cc1C(=O)OCC(=O)Nc1cc(Cl)ccc1F. The van der Waals surface area contributed by atoms with Crippen LogP contribution in [0.5, 0.6) is 5.75 Å². The third kappa shape index (κ3) is 4.59. The van der Waals surface area contributed by atoms with Crippen molar-refractivity contribution < 1.29 is 23.5 Å². The van der Waals surface area contributed by atoms with Gasteiger partial charge in [-0.1, -0.05) is 23.2 Å². The minimum Gasteiger partial charge on any atom is -0.496 e. The van der Waals surface area contributed by atoms with Crippen LogP contribution in [0.15, 0.2) is 36.4 Å². The molecule has 2 aromatic carbocycles. The number of hydrogen-bond donors (Lipinski definition) is 1. The molecule has 0 aliphatic rings. The molecule has 0 atom stereocenters. The molecule has 24 heavy (non-hydrogen) atoms. The van der Waals surface area contributed by atoms with E-state index in [1.54, 1.807) is 6.07 Å². The molecule has 0 saturated carbocycles. The van der Waals surface area contributed by atoms with Crippen molar-refractivity contribution in [3.8, 4) is 5.75 Å². The number of benzene rings is 2. The molecule has 0 aromatic heterocycles. The number of amides is 1. The summed E-state index contributed by atoms with van der Waals surface area (Å²) >= 11 is 11.5. The zero-order valence-electron chi connectivity index (χ0n) is 12.4. The van der Waals surface area contributed by atoms with E-state index in [1.807, 2.05) is 0 Å². The van der Waals surface area contributed by atoms with E-state index in [-0.39, 0.29) is 22.0 Å². The Balaban J connectivity index is 2.00. The molecule has 0 saturated heterocycles. The number of rotatable bonds is 5. The average molecular weight is 372 g/mol. The summed E-state index contributed by atoms with van der Waals surface area (Å²) < 4.78 is 23.4. The number of anilines is 1. The highest BCUT2D eigenvalue weighted by Crippen LogP contribution is 2.23. The Morgan fingerprint density at radius 2 is 1.79 bits per heavy atom. The van der Waals surface area contributed by atoms with Crippen molar-refractivity contribution in [3.05, 3.63) is 57.8 Å². The number of carbonyl (C=O) groups excluding carboxylic acids is 2. The van der Waals surface area contributed by atoms with Crippen molar-refractivity contribution in [3.63, 3.8) is 0 Å². The summed E-state index contributed by atoms with van der Waals surface area (Å²) in [6, 6.07) is 8.11. The summed E-state index contributed by atoms with van der Waals surface area (Å²) in [5.41, 5.74) is -0.0318. The lowest BCUT2D eigenvalue weighted by Crippen LogP contribution is -2.21. The maximum Gasteiger partial charge on any atom is 0.342 e. The van der Waals surface area contributed by atoms with Crippen LogP contribution in [0.2, 0.25) is 10.0 Å². The highest BCUT2D eigenvalue weighted by atomic mass is 35.5. The second-order valence-corrected chi connectivity index (χ2v) is 5.47. The molecule has 8 heteroatoms. The van der Waals surface area contributed by atoms with E-state index in [9.17, 15) is 14.0 Å². The second-order valence-electron chi connectivity index (χ2n) is 4.59. The molecule has 0 unspecified atom stereocenters. The summed E-state index contributed by atoms with van der Waals surface area (Å²) in [7, 11) is 1.38. The first-order chi connectivity index (χ1) is 11.4. The largest absolute Gasteiger partial charge is 0.496 e. The van der Waals surface area contributed by atoms with Crippen LogP contribution in [-0.2, 0) is 9.53 Å². The van der Waals surface area contributed by atoms with Crippen molar-refractivity contribution in [2.24, 2.45) is 0 Å². The number of methoxy groups -OCH3 is 1. The van der Waals surface area contributed by atoms with E-state index in [0.717, 1.165) is 6.07 Å². The van der Waals surface area contributed by atoms with Crippen molar-refractivity contribution in [1.82, 2.24) is 0 Å². The molecule has 0 spiro atoms. The highest BCUT2D eigenvalue weighted by Gasteiger charge is 2.16. The molecular weight excluding hydrogens is 360 g/mol. The standard InChI is InChI=1S/C16H12Cl2FNO4/c1-23-14-5-3-9(17)6-11(14)16(22)24-8-15(21)20-13-7-10(18)2-4-12(13)19/h2-7H,8H2,1H3,(H,20,21). The van der Waals surface area contributed by atoms with Crippen molar-refractivity contribution in [2.75, 3.05) is 19.0 Å². The van der Waals surface area contributed by atoms with E-state index in [2.05, 4.69) is 5.32 Å². The number of carbonyl (C=O) groups is 2. The van der Waals surface area contributed by atoms with Gasteiger partial charge in [-0.25, -0.2) is 9.18 Å². The van der Waals surface area contributed by atoms with Gasteiger partial charge >= 0.3 is 5.97 Å². The lowest BCUT2D eigenvalue weighted by atomic mass is 10.2. The van der Waals surface area contributed by atoms with Crippen molar-refractivity contribution in [2.45, 2.75) is 0 Å². The van der Waals surface area contributed by atoms with Crippen molar-refractivity contribution >= 4 is 40.8 Å². The van der Waals surface area contributed by atoms with E-state index >= 15 is 0 Å². The van der Waals surface area contributed by atoms with Crippen LogP contribution in [0.25, 0.3) is 0 Å². The molecule has 0 aliphatic carbocycles. The fourth-order valence-corrected chi connectivity index (χ4v) is 2.17. The molecule has 0 radical (unpaired) electrons. The zero-order chi connectivity index (χ0) is 17.7. The van der Waals surface area contributed by atoms with Crippen LogP contribution in [0, 0.1) is 5.82 Å². The Labute approximate surface area is 147 Å². The first-order valence-corrected chi connectivity index (χ1v) is 7.42. The Bertz CT molecular complexity index is 783. The molecule has 0 bridgehead atoms. The maximum absolute atomic E-state index is 13.5. The predicted molar refractivity (Wildman–Crippen MR) is 88.3 cm³/mol. The summed E-state index contributed by atoms with van der Waals surface area (Å²) in [5.74, 6) is -1.91. The summed E-state index contributed by atoms with van der Waals surface area (Å²) in [6.07, 6.45) is 0. The van der Waals surface area contributed by atoms with Crippen LogP contribution in [0.4, 0.5) is 10.1 Å². The number of ether oxygens (including phenoxy) is 2. The maximum atomic E-state index is 13.5. The predicted octanol–water partition coefficient (Wildman–Crippen LogP) is 3.94. The van der Waals surface area contributed by atoms with Gasteiger partial charge in [-0.3, -0.25) is 4.79 Å². The van der Waals surface area contributed by atoms with E-state index < -0.39 is 24.3 Å². The Hall–Kier alpha value is -2.31. The van der Waals surface area contributed by atoms with Gasteiger partial charge in [0.1, 0.15) is 17.1 Å². The fourth-order valence-electron chi connectivity index (χ4n) is 1.83. The number of hydrogen-bond acceptors (Lipinski definition) is 4. The first-order valence-electron chi connectivity index (χ1n) is 6.66. The summed E-state index contributed by atoms with van der Waals surface area (Å²) in [5, 5.41) is 2.83. The molecule has 0 fully saturated rings. The molecular formula is C16H12Cl2FNO4. The van der Waals surface area contributed by atoms with Crippen LogP contribution in [-0.4, -0.2) is 25.6 Å². The van der Waals surface area contributed by atoms with Gasteiger partial charge in [-0.2, -0.15) is 0 Å². The van der Waals surface area contributed by atoms with Gasteiger partial charge in [0, 0.05) is 10.0 Å². The third-order valence-corrected chi connectivity index (χ3v) is 3.39. The topological polar surface area (TPSA) is 64.6 Å². The molecule has 0 aliphatic heterocycles. The number of nitrogens with one attached hydrogen (secondary N) is 1. The smallest absolute Gasteiger partial charge is 0.342 e. The van der Waals surface area contributed by atoms with E-state index in [0.29, 0.717) is 5.02 Å². The minimum absolute atomic E-state index is 0.0757. The van der Waals surface area contributed by atoms with Crippen LogP contribution in [0.1, 0.15) is 10.4 Å². The lowest BCUT2D eigenvalue weighted by Gasteiger charge is -2.10. The van der Waals surface area contributed by atoms with E-state index in [1.165, 1.54) is 31.4 Å². The van der Waals surface area contributed by atoms with Gasteiger partial charge in [0.15, 0.2) is 6.61 Å². The van der Waals surface area contributed by atoms with Crippen LogP contribution < -0.4 is 10.1 Å². The minimum atomic E-state index is -0.795. The molecule has 0 heterocycles. The molecule has 1 amide bonds. The first kappa shape index (κ1) is 18.0. The van der Waals surface area contributed by atoms with Gasteiger partial charge in [0.2, 0.25) is 0 Å². The second kappa shape index (κ2) is 7.99. The van der Waals surface area contributed by atoms with Gasteiger partial charge in [0.25, 0.3) is 5.91 Å². The Morgan fingerprint density at radius 1 is 1.12 bits per heavy atom. The monoisotopic (exact) mass is 371 g/mol. The highest BCUT2D eigenvalue weighted by molar-refractivity contribution is 6.31. The quantitative estimate of drug-likeness (QED) is 0.808. The van der Waals surface area contributed by atoms with Gasteiger partial charge in [-0.15, -0.1) is 0 Å². The molecule has 5 nitrogen and oxygen atoms in total. The average Bonchev–Trinajstić information content (AvgIpc) is 2.56. The van der Waals surface area contributed by atoms with Gasteiger partial charge in [-0.05, 0) is 36.4 Å². The zero-order valence-corrected chi connectivity index (χ0v) is 13.9. The fraction of sp³-hybridized carbons (Fsp3) is 0.125. The summed E-state index contributed by atoms with van der Waals surface area (Å²) in [4.78, 5) is 23.8. The van der Waals surface area contributed by atoms with Crippen molar-refractivity contribution in [1.29, 1.82) is 0 Å². The van der Waals surface area contributed by atoms with Crippen LogP contribution in [0.3, 0.4) is 0 Å². The Kier molecular flexibility index (Phi) is 6.00. The lowest BCUT2D eigenvalue weighted by molar-refractivity contribution is -0.119. The normalized spacial score (nSPS) is 10.2. The number of halogens is 3. The summed E-state index contributed by atoms with van der Waals surface area (Å²) in [6.45, 7) is -0.611. The molecule has 2 aromatic rings. The van der Waals surface area contributed by atoms with Crippen LogP contribution >= 0.6 is 23.2 Å². The van der Waals surface area contributed by atoms with Gasteiger partial charge < -0.3 is 14.8 Å². The van der Waals surface area contributed by atoms with E-state index in [4.69, 9.17) is 32.7 Å².